The Labute approximate surface area is 159 Å². The van der Waals surface area contributed by atoms with Crippen molar-refractivity contribution in [1.82, 2.24) is 14.9 Å². The first-order valence-corrected chi connectivity index (χ1v) is 9.74. The fourth-order valence-electron chi connectivity index (χ4n) is 3.86. The third kappa shape index (κ3) is 4.56. The van der Waals surface area contributed by atoms with Gasteiger partial charge in [-0.05, 0) is 37.8 Å². The smallest absolute Gasteiger partial charge is 0.270 e. The summed E-state index contributed by atoms with van der Waals surface area (Å²) in [5.41, 5.74) is 0.862. The normalized spacial score (nSPS) is 23.1. The number of aliphatic hydroxyl groups is 1. The molecule has 0 bridgehead atoms. The van der Waals surface area contributed by atoms with E-state index in [1.54, 1.807) is 0 Å². The highest BCUT2D eigenvalue weighted by molar-refractivity contribution is 5.77. The number of amides is 1. The summed E-state index contributed by atoms with van der Waals surface area (Å²) in [6.45, 7) is 7.27. The number of nitrogens with zero attached hydrogens (tertiary/aromatic N) is 2. The molecule has 2 N–H and O–H groups in total. The molecule has 1 fully saturated rings. The molecule has 1 aliphatic rings. The van der Waals surface area contributed by atoms with Crippen LogP contribution in [0.3, 0.4) is 0 Å². The predicted octanol–water partition coefficient (Wildman–Crippen LogP) is 2.50. The predicted molar refractivity (Wildman–Crippen MR) is 105 cm³/mol. The Morgan fingerprint density at radius 3 is 2.89 bits per heavy atom. The maximum absolute atomic E-state index is 12.7. The van der Waals surface area contributed by atoms with E-state index in [0.717, 1.165) is 11.9 Å². The van der Waals surface area contributed by atoms with Gasteiger partial charge in [0.15, 0.2) is 0 Å². The summed E-state index contributed by atoms with van der Waals surface area (Å²) in [7, 11) is 0. The monoisotopic (exact) mass is 371 g/mol. The zero-order valence-corrected chi connectivity index (χ0v) is 16.4. The Kier molecular flexibility index (Phi) is 5.65. The van der Waals surface area contributed by atoms with Crippen LogP contribution in [0.15, 0.2) is 29.1 Å². The molecule has 2 atom stereocenters. The van der Waals surface area contributed by atoms with Gasteiger partial charge in [-0.3, -0.25) is 9.59 Å². The molecule has 1 amide bonds. The van der Waals surface area contributed by atoms with E-state index < -0.39 is 5.60 Å². The van der Waals surface area contributed by atoms with Crippen LogP contribution in [-0.2, 0) is 11.2 Å². The van der Waals surface area contributed by atoms with E-state index in [1.165, 1.54) is 0 Å². The second-order valence-electron chi connectivity index (χ2n) is 8.30. The average Bonchev–Trinajstić information content (AvgIpc) is 2.61. The number of para-hydroxylation sites is 2. The standard InChI is InChI=1S/C21H29N3O3/c1-14(2)12-15-13-24(11-10-21(15,3)27)19(25)9-8-18-20(26)23-17-7-5-4-6-16(17)22-18/h4-7,14-15,27H,8-13H2,1-3H3,(H,23,26)/t15-,21+/m0/s1. The van der Waals surface area contributed by atoms with Crippen LogP contribution in [0.1, 0.15) is 45.7 Å². The first kappa shape index (κ1) is 19.5. The molecule has 0 unspecified atom stereocenters. The van der Waals surface area contributed by atoms with Crippen molar-refractivity contribution in [3.63, 3.8) is 0 Å². The molecule has 1 aliphatic heterocycles. The van der Waals surface area contributed by atoms with Crippen LogP contribution < -0.4 is 5.56 Å². The van der Waals surface area contributed by atoms with Gasteiger partial charge in [0.1, 0.15) is 5.69 Å². The Balaban J connectivity index is 1.65. The van der Waals surface area contributed by atoms with Gasteiger partial charge < -0.3 is 15.0 Å². The summed E-state index contributed by atoms with van der Waals surface area (Å²) in [5.74, 6) is 0.572. The first-order chi connectivity index (χ1) is 12.8. The van der Waals surface area contributed by atoms with Gasteiger partial charge in [0.25, 0.3) is 5.56 Å². The van der Waals surface area contributed by atoms with Crippen molar-refractivity contribution in [2.24, 2.45) is 11.8 Å². The van der Waals surface area contributed by atoms with E-state index in [-0.39, 0.29) is 23.8 Å². The molecule has 3 rings (SSSR count). The number of rotatable bonds is 5. The fraction of sp³-hybridized carbons (Fsp3) is 0.571. The molecule has 0 aliphatic carbocycles. The second kappa shape index (κ2) is 7.80. The number of aromatic nitrogens is 2. The number of benzene rings is 1. The molecule has 2 heterocycles. The summed E-state index contributed by atoms with van der Waals surface area (Å²) in [4.78, 5) is 34.0. The highest BCUT2D eigenvalue weighted by Crippen LogP contribution is 2.32. The number of aromatic amines is 1. The number of hydrogen-bond acceptors (Lipinski definition) is 4. The number of aryl methyl sites for hydroxylation is 1. The summed E-state index contributed by atoms with van der Waals surface area (Å²) in [6, 6.07) is 7.38. The highest BCUT2D eigenvalue weighted by Gasteiger charge is 2.38. The number of hydrogen-bond donors (Lipinski definition) is 2. The van der Waals surface area contributed by atoms with Crippen molar-refractivity contribution in [3.05, 3.63) is 40.3 Å². The zero-order chi connectivity index (χ0) is 19.6. The zero-order valence-electron chi connectivity index (χ0n) is 16.4. The lowest BCUT2D eigenvalue weighted by atomic mass is 9.78. The quantitative estimate of drug-likeness (QED) is 0.845. The van der Waals surface area contributed by atoms with Crippen molar-refractivity contribution >= 4 is 16.9 Å². The summed E-state index contributed by atoms with van der Waals surface area (Å²) < 4.78 is 0. The molecule has 0 radical (unpaired) electrons. The van der Waals surface area contributed by atoms with E-state index in [1.807, 2.05) is 36.1 Å². The van der Waals surface area contributed by atoms with E-state index in [9.17, 15) is 14.7 Å². The molecule has 6 heteroatoms. The third-order valence-electron chi connectivity index (χ3n) is 5.56. The molecule has 6 nitrogen and oxygen atoms in total. The van der Waals surface area contributed by atoms with Crippen LogP contribution in [0.2, 0.25) is 0 Å². The van der Waals surface area contributed by atoms with Crippen molar-refractivity contribution in [3.8, 4) is 0 Å². The first-order valence-electron chi connectivity index (χ1n) is 9.74. The highest BCUT2D eigenvalue weighted by atomic mass is 16.3. The topological polar surface area (TPSA) is 86.3 Å². The lowest BCUT2D eigenvalue weighted by Crippen LogP contribution is -2.52. The van der Waals surface area contributed by atoms with Crippen molar-refractivity contribution < 1.29 is 9.90 Å². The maximum atomic E-state index is 12.7. The van der Waals surface area contributed by atoms with Crippen LogP contribution in [-0.4, -0.2) is 44.6 Å². The Bertz CT molecular complexity index is 872. The second-order valence-corrected chi connectivity index (χ2v) is 8.30. The van der Waals surface area contributed by atoms with Gasteiger partial charge in [0, 0.05) is 31.8 Å². The van der Waals surface area contributed by atoms with Crippen molar-refractivity contribution in [2.45, 2.75) is 52.1 Å². The van der Waals surface area contributed by atoms with E-state index >= 15 is 0 Å². The fourth-order valence-corrected chi connectivity index (χ4v) is 3.86. The molecule has 0 saturated carbocycles. The van der Waals surface area contributed by atoms with Gasteiger partial charge in [-0.2, -0.15) is 0 Å². The molecule has 2 aromatic rings. The van der Waals surface area contributed by atoms with E-state index in [2.05, 4.69) is 23.8 Å². The largest absolute Gasteiger partial charge is 0.390 e. The number of carbonyl (C=O) groups is 1. The molecular formula is C21H29N3O3. The van der Waals surface area contributed by atoms with Crippen molar-refractivity contribution in [2.75, 3.05) is 13.1 Å². The number of fused-ring (bicyclic) bond motifs is 1. The molecule has 0 spiro atoms. The number of nitrogens with one attached hydrogen (secondary N) is 1. The summed E-state index contributed by atoms with van der Waals surface area (Å²) in [5, 5.41) is 10.6. The number of H-pyrrole nitrogens is 1. The lowest BCUT2D eigenvalue weighted by molar-refractivity contribution is -0.139. The average molecular weight is 371 g/mol. The number of likely N-dealkylation sites (tertiary alicyclic amines) is 1. The van der Waals surface area contributed by atoms with Gasteiger partial charge in [-0.25, -0.2) is 4.98 Å². The minimum Gasteiger partial charge on any atom is -0.390 e. The minimum atomic E-state index is -0.724. The Morgan fingerprint density at radius 2 is 2.15 bits per heavy atom. The molecule has 1 saturated heterocycles. The summed E-state index contributed by atoms with van der Waals surface area (Å²) in [6.07, 6.45) is 2.05. The lowest BCUT2D eigenvalue weighted by Gasteiger charge is -2.43. The summed E-state index contributed by atoms with van der Waals surface area (Å²) >= 11 is 0. The van der Waals surface area contributed by atoms with Crippen LogP contribution in [0.4, 0.5) is 0 Å². The number of carbonyl (C=O) groups excluding carboxylic acids is 1. The van der Waals surface area contributed by atoms with Crippen LogP contribution in [0, 0.1) is 11.8 Å². The van der Waals surface area contributed by atoms with Gasteiger partial charge in [-0.15, -0.1) is 0 Å². The Morgan fingerprint density at radius 1 is 1.41 bits per heavy atom. The van der Waals surface area contributed by atoms with Crippen molar-refractivity contribution in [1.29, 1.82) is 0 Å². The minimum absolute atomic E-state index is 0.0219. The van der Waals surface area contributed by atoms with E-state index in [4.69, 9.17) is 0 Å². The number of piperidine rings is 1. The van der Waals surface area contributed by atoms with Crippen LogP contribution in [0.5, 0.6) is 0 Å². The van der Waals surface area contributed by atoms with Gasteiger partial charge >= 0.3 is 0 Å². The molecule has 1 aromatic heterocycles. The molecular weight excluding hydrogens is 342 g/mol. The van der Waals surface area contributed by atoms with Gasteiger partial charge in [-0.1, -0.05) is 26.0 Å². The van der Waals surface area contributed by atoms with E-state index in [0.29, 0.717) is 43.1 Å². The van der Waals surface area contributed by atoms with Crippen LogP contribution >= 0.6 is 0 Å². The molecule has 27 heavy (non-hydrogen) atoms. The Hall–Kier alpha value is -2.21. The van der Waals surface area contributed by atoms with Gasteiger partial charge in [0.2, 0.25) is 5.91 Å². The SMILES string of the molecule is CC(C)C[C@H]1CN(C(=O)CCc2nc3ccccc3[nH]c2=O)CC[C@@]1(C)O. The molecule has 1 aromatic carbocycles. The van der Waals surface area contributed by atoms with Crippen LogP contribution in [0.25, 0.3) is 11.0 Å². The third-order valence-corrected chi connectivity index (χ3v) is 5.56. The molecule has 146 valence electrons. The van der Waals surface area contributed by atoms with Gasteiger partial charge in [0.05, 0.1) is 16.6 Å². The maximum Gasteiger partial charge on any atom is 0.270 e.